The van der Waals surface area contributed by atoms with Gasteiger partial charge in [0.1, 0.15) is 16.6 Å². The molecule has 0 atom stereocenters. The van der Waals surface area contributed by atoms with Crippen molar-refractivity contribution < 1.29 is 13.9 Å². The number of rotatable bonds is 6. The maximum Gasteiger partial charge on any atom is 0.230 e. The second-order valence-electron chi connectivity index (χ2n) is 5.42. The van der Waals surface area contributed by atoms with E-state index in [1.807, 2.05) is 36.6 Å². The molecule has 0 aliphatic rings. The number of benzene rings is 2. The van der Waals surface area contributed by atoms with E-state index in [0.29, 0.717) is 16.8 Å². The van der Waals surface area contributed by atoms with Crippen LogP contribution in [0.3, 0.4) is 0 Å². The minimum atomic E-state index is -0.489. The minimum absolute atomic E-state index is 0.0722. The van der Waals surface area contributed by atoms with E-state index in [0.717, 1.165) is 16.3 Å². The molecule has 3 aromatic rings. The van der Waals surface area contributed by atoms with Gasteiger partial charge in [0.15, 0.2) is 0 Å². The Bertz CT molecular complexity index is 929. The van der Waals surface area contributed by atoms with Crippen LogP contribution in [0.4, 0.5) is 10.1 Å². The number of ether oxygens (including phenoxy) is 1. The molecule has 0 bridgehead atoms. The van der Waals surface area contributed by atoms with E-state index < -0.39 is 5.82 Å². The average molecular weight is 435 g/mol. The highest BCUT2D eigenvalue weighted by Crippen LogP contribution is 2.32. The van der Waals surface area contributed by atoms with Crippen LogP contribution in [0.25, 0.3) is 10.6 Å². The van der Waals surface area contributed by atoms with Crippen LogP contribution in [0.1, 0.15) is 12.6 Å². The van der Waals surface area contributed by atoms with E-state index in [-0.39, 0.29) is 18.0 Å². The number of nitrogens with zero attached hydrogens (tertiary/aromatic N) is 1. The fraction of sp³-hybridized carbons (Fsp3) is 0.158. The van der Waals surface area contributed by atoms with Crippen molar-refractivity contribution in [3.05, 3.63) is 63.8 Å². The molecule has 4 nitrogen and oxygen atoms in total. The van der Waals surface area contributed by atoms with Gasteiger partial charge in [0, 0.05) is 9.85 Å². The Kier molecular flexibility index (Phi) is 6.00. The molecular formula is C19H16BrFN2O2S. The van der Waals surface area contributed by atoms with Gasteiger partial charge >= 0.3 is 0 Å². The van der Waals surface area contributed by atoms with Crippen molar-refractivity contribution >= 4 is 38.9 Å². The lowest BCUT2D eigenvalue weighted by Crippen LogP contribution is -2.15. The van der Waals surface area contributed by atoms with Crippen LogP contribution in [0.2, 0.25) is 0 Å². The number of anilines is 1. The van der Waals surface area contributed by atoms with Gasteiger partial charge in [-0.05, 0) is 37.3 Å². The highest BCUT2D eigenvalue weighted by Gasteiger charge is 2.13. The van der Waals surface area contributed by atoms with E-state index in [9.17, 15) is 9.18 Å². The van der Waals surface area contributed by atoms with E-state index in [4.69, 9.17) is 4.74 Å². The van der Waals surface area contributed by atoms with E-state index in [1.165, 1.54) is 23.5 Å². The highest BCUT2D eigenvalue weighted by atomic mass is 79.9. The second-order valence-corrected chi connectivity index (χ2v) is 7.20. The third-order valence-corrected chi connectivity index (χ3v) is 4.93. The van der Waals surface area contributed by atoms with Crippen molar-refractivity contribution in [1.82, 2.24) is 4.98 Å². The molecule has 0 radical (unpaired) electrons. The lowest BCUT2D eigenvalue weighted by Gasteiger charge is -2.07. The summed E-state index contributed by atoms with van der Waals surface area (Å²) in [5.41, 5.74) is 1.67. The van der Waals surface area contributed by atoms with E-state index in [2.05, 4.69) is 26.2 Å². The van der Waals surface area contributed by atoms with Crippen LogP contribution in [0, 0.1) is 5.82 Å². The van der Waals surface area contributed by atoms with Crippen LogP contribution in [-0.4, -0.2) is 17.5 Å². The number of aromatic nitrogens is 1. The number of hydrogen-bond acceptors (Lipinski definition) is 4. The second kappa shape index (κ2) is 8.42. The van der Waals surface area contributed by atoms with Gasteiger partial charge in [0.05, 0.1) is 30.0 Å². The Labute approximate surface area is 163 Å². The number of amides is 1. The maximum absolute atomic E-state index is 13.8. The lowest BCUT2D eigenvalue weighted by molar-refractivity contribution is -0.115. The van der Waals surface area contributed by atoms with E-state index in [1.54, 1.807) is 6.07 Å². The largest absolute Gasteiger partial charge is 0.493 e. The van der Waals surface area contributed by atoms with Crippen LogP contribution in [-0.2, 0) is 11.2 Å². The average Bonchev–Trinajstić information content (AvgIpc) is 3.06. The van der Waals surface area contributed by atoms with Crippen molar-refractivity contribution in [3.8, 4) is 16.3 Å². The molecule has 26 heavy (non-hydrogen) atoms. The zero-order valence-corrected chi connectivity index (χ0v) is 16.4. The monoisotopic (exact) mass is 434 g/mol. The predicted octanol–water partition coefficient (Wildman–Crippen LogP) is 5.29. The molecule has 7 heteroatoms. The molecule has 1 amide bonds. The Morgan fingerprint density at radius 3 is 2.88 bits per heavy atom. The van der Waals surface area contributed by atoms with Gasteiger partial charge in [0.2, 0.25) is 5.91 Å². The number of carbonyl (C=O) groups excluding carboxylic acids is 1. The van der Waals surface area contributed by atoms with Crippen LogP contribution in [0.15, 0.2) is 52.3 Å². The van der Waals surface area contributed by atoms with Gasteiger partial charge in [-0.15, -0.1) is 11.3 Å². The van der Waals surface area contributed by atoms with Crippen molar-refractivity contribution in [2.45, 2.75) is 13.3 Å². The molecule has 1 heterocycles. The predicted molar refractivity (Wildman–Crippen MR) is 105 cm³/mol. The smallest absolute Gasteiger partial charge is 0.230 e. The van der Waals surface area contributed by atoms with Crippen molar-refractivity contribution in [2.24, 2.45) is 0 Å². The normalized spacial score (nSPS) is 10.6. The molecule has 0 saturated carbocycles. The molecule has 0 saturated heterocycles. The van der Waals surface area contributed by atoms with Gasteiger partial charge in [-0.2, -0.15) is 0 Å². The van der Waals surface area contributed by atoms with Gasteiger partial charge in [-0.3, -0.25) is 4.79 Å². The molecule has 134 valence electrons. The third-order valence-electron chi connectivity index (χ3n) is 3.52. The number of halogens is 2. The summed E-state index contributed by atoms with van der Waals surface area (Å²) in [5, 5.41) is 5.18. The molecule has 0 spiro atoms. The molecule has 0 fully saturated rings. The van der Waals surface area contributed by atoms with Crippen LogP contribution >= 0.6 is 27.3 Å². The van der Waals surface area contributed by atoms with Gasteiger partial charge in [-0.25, -0.2) is 9.37 Å². The van der Waals surface area contributed by atoms with Gasteiger partial charge in [-0.1, -0.05) is 28.1 Å². The van der Waals surface area contributed by atoms with Gasteiger partial charge in [0.25, 0.3) is 0 Å². The quantitative estimate of drug-likeness (QED) is 0.573. The Morgan fingerprint density at radius 2 is 2.12 bits per heavy atom. The highest BCUT2D eigenvalue weighted by molar-refractivity contribution is 9.10. The zero-order chi connectivity index (χ0) is 18.5. The first kappa shape index (κ1) is 18.5. The molecule has 1 N–H and O–H groups in total. The minimum Gasteiger partial charge on any atom is -0.493 e. The summed E-state index contributed by atoms with van der Waals surface area (Å²) in [6, 6.07) is 12.1. The van der Waals surface area contributed by atoms with Crippen molar-refractivity contribution in [3.63, 3.8) is 0 Å². The number of thiazole rings is 1. The summed E-state index contributed by atoms with van der Waals surface area (Å²) < 4.78 is 20.1. The maximum atomic E-state index is 13.8. The van der Waals surface area contributed by atoms with Crippen LogP contribution < -0.4 is 10.1 Å². The van der Waals surface area contributed by atoms with Crippen LogP contribution in [0.5, 0.6) is 5.75 Å². The zero-order valence-electron chi connectivity index (χ0n) is 14.0. The number of para-hydroxylation sites is 1. The molecule has 0 aliphatic heterocycles. The number of hydrogen-bond donors (Lipinski definition) is 1. The van der Waals surface area contributed by atoms with Gasteiger partial charge < -0.3 is 10.1 Å². The van der Waals surface area contributed by atoms with Crippen molar-refractivity contribution in [1.29, 1.82) is 0 Å². The Hall–Kier alpha value is -2.25. The lowest BCUT2D eigenvalue weighted by atomic mass is 10.2. The topological polar surface area (TPSA) is 51.2 Å². The summed E-state index contributed by atoms with van der Waals surface area (Å²) in [6.45, 7) is 2.49. The fourth-order valence-electron chi connectivity index (χ4n) is 2.39. The third kappa shape index (κ3) is 4.47. The molecule has 0 unspecified atom stereocenters. The molecule has 0 aliphatic carbocycles. The fourth-order valence-corrected chi connectivity index (χ4v) is 3.57. The summed E-state index contributed by atoms with van der Waals surface area (Å²) in [7, 11) is 0. The first-order valence-corrected chi connectivity index (χ1v) is 9.65. The molecular weight excluding hydrogens is 419 g/mol. The Morgan fingerprint density at radius 1 is 1.31 bits per heavy atom. The summed E-state index contributed by atoms with van der Waals surface area (Å²) in [4.78, 5) is 16.7. The summed E-state index contributed by atoms with van der Waals surface area (Å²) in [5.74, 6) is -0.0456. The SMILES string of the molecule is CCOc1ccccc1-c1nc(CC(=O)Nc2ccc(Br)cc2F)cs1. The molecule has 1 aromatic heterocycles. The first-order chi connectivity index (χ1) is 12.6. The Balaban J connectivity index is 1.71. The summed E-state index contributed by atoms with van der Waals surface area (Å²) in [6.07, 6.45) is 0.0722. The standard InChI is InChI=1S/C19H16BrFN2O2S/c1-2-25-17-6-4-3-5-14(17)19-22-13(11-26-19)10-18(24)23-16-8-7-12(20)9-15(16)21/h3-9,11H,2,10H2,1H3,(H,23,24). The molecule has 3 rings (SSSR count). The summed E-state index contributed by atoms with van der Waals surface area (Å²) >= 11 is 4.63. The number of carbonyl (C=O) groups is 1. The van der Waals surface area contributed by atoms with E-state index >= 15 is 0 Å². The number of nitrogens with one attached hydrogen (secondary N) is 1. The van der Waals surface area contributed by atoms with Crippen molar-refractivity contribution in [2.75, 3.05) is 11.9 Å². The molecule has 2 aromatic carbocycles. The first-order valence-electron chi connectivity index (χ1n) is 7.98.